The van der Waals surface area contributed by atoms with E-state index in [0.717, 1.165) is 35.1 Å². The van der Waals surface area contributed by atoms with E-state index in [0.29, 0.717) is 5.02 Å². The van der Waals surface area contributed by atoms with Crippen molar-refractivity contribution in [3.05, 3.63) is 27.3 Å². The van der Waals surface area contributed by atoms with Gasteiger partial charge >= 0.3 is 5.97 Å². The number of benzene rings is 1. The van der Waals surface area contributed by atoms with Crippen molar-refractivity contribution in [2.24, 2.45) is 0 Å². The van der Waals surface area contributed by atoms with Crippen LogP contribution in [0.2, 0.25) is 5.02 Å². The van der Waals surface area contributed by atoms with Gasteiger partial charge in [0.25, 0.3) is 0 Å². The summed E-state index contributed by atoms with van der Waals surface area (Å²) in [4.78, 5) is 11.0. The number of phenols is 1. The van der Waals surface area contributed by atoms with E-state index in [2.05, 4.69) is 0 Å². The Morgan fingerprint density at radius 2 is 1.78 bits per heavy atom. The molecule has 0 aromatic heterocycles. The number of carbonyl (C=O) groups is 1. The number of carboxylic acid groups (broad SMARTS) is 1. The van der Waals surface area contributed by atoms with Crippen molar-refractivity contribution >= 4 is 17.6 Å². The molecule has 1 fully saturated rings. The van der Waals surface area contributed by atoms with Crippen LogP contribution in [0.3, 0.4) is 0 Å². The lowest BCUT2D eigenvalue weighted by Gasteiger charge is -2.22. The SMILES string of the molecule is Cc1c(C)c(Cl)c(C)c(C2(CC(=O)O)CC2)c1O. The Balaban J connectivity index is 2.62. The van der Waals surface area contributed by atoms with Crippen LogP contribution in [0, 0.1) is 20.8 Å². The molecule has 0 amide bonds. The first-order valence-corrected chi connectivity index (χ1v) is 6.38. The Labute approximate surface area is 111 Å². The lowest BCUT2D eigenvalue weighted by molar-refractivity contribution is -0.137. The molecule has 2 N–H and O–H groups in total. The molecule has 1 aromatic rings. The monoisotopic (exact) mass is 268 g/mol. The number of rotatable bonds is 3. The maximum Gasteiger partial charge on any atom is 0.304 e. The van der Waals surface area contributed by atoms with E-state index in [-0.39, 0.29) is 12.2 Å². The minimum absolute atomic E-state index is 0.0558. The fourth-order valence-corrected chi connectivity index (χ4v) is 2.94. The Kier molecular flexibility index (Phi) is 3.06. The Hall–Kier alpha value is -1.22. The molecule has 18 heavy (non-hydrogen) atoms. The van der Waals surface area contributed by atoms with Crippen LogP contribution >= 0.6 is 11.6 Å². The molecule has 0 saturated heterocycles. The summed E-state index contributed by atoms with van der Waals surface area (Å²) >= 11 is 6.27. The molecule has 1 aliphatic carbocycles. The van der Waals surface area contributed by atoms with E-state index in [1.165, 1.54) is 0 Å². The van der Waals surface area contributed by atoms with E-state index in [1.54, 1.807) is 0 Å². The highest BCUT2D eigenvalue weighted by molar-refractivity contribution is 6.32. The second-order valence-corrected chi connectivity index (χ2v) is 5.64. The summed E-state index contributed by atoms with van der Waals surface area (Å²) < 4.78 is 0. The average molecular weight is 269 g/mol. The van der Waals surface area contributed by atoms with Crippen molar-refractivity contribution in [1.82, 2.24) is 0 Å². The van der Waals surface area contributed by atoms with Crippen LogP contribution in [-0.4, -0.2) is 16.2 Å². The van der Waals surface area contributed by atoms with Crippen LogP contribution < -0.4 is 0 Å². The minimum atomic E-state index is -0.833. The van der Waals surface area contributed by atoms with Crippen molar-refractivity contribution in [2.45, 2.75) is 45.4 Å². The molecule has 0 spiro atoms. The van der Waals surface area contributed by atoms with Gasteiger partial charge in [-0.2, -0.15) is 0 Å². The van der Waals surface area contributed by atoms with E-state index in [4.69, 9.17) is 16.7 Å². The smallest absolute Gasteiger partial charge is 0.304 e. The molecule has 2 rings (SSSR count). The molecule has 0 heterocycles. The number of aromatic hydroxyl groups is 1. The lowest BCUT2D eigenvalue weighted by atomic mass is 9.85. The standard InChI is InChI=1S/C14H17ClO3/c1-7-8(2)13(18)11(9(3)12(7)15)14(4-5-14)6-10(16)17/h18H,4-6H2,1-3H3,(H,16,17). The number of aliphatic carboxylic acids is 1. The van der Waals surface area contributed by atoms with Gasteiger partial charge in [0.1, 0.15) is 5.75 Å². The van der Waals surface area contributed by atoms with Gasteiger partial charge in [-0.15, -0.1) is 0 Å². The minimum Gasteiger partial charge on any atom is -0.507 e. The molecular weight excluding hydrogens is 252 g/mol. The summed E-state index contributed by atoms with van der Waals surface area (Å²) in [5.41, 5.74) is 2.75. The lowest BCUT2D eigenvalue weighted by Crippen LogP contribution is -2.15. The molecule has 1 saturated carbocycles. The molecule has 3 nitrogen and oxygen atoms in total. The summed E-state index contributed by atoms with van der Waals surface area (Å²) in [6.07, 6.45) is 1.65. The first-order chi connectivity index (χ1) is 8.30. The first-order valence-electron chi connectivity index (χ1n) is 6.00. The number of hydrogen-bond acceptors (Lipinski definition) is 2. The molecule has 4 heteroatoms. The molecule has 0 bridgehead atoms. The second kappa shape index (κ2) is 4.16. The van der Waals surface area contributed by atoms with E-state index < -0.39 is 11.4 Å². The third kappa shape index (κ3) is 1.87. The molecule has 0 unspecified atom stereocenters. The molecule has 1 aromatic carbocycles. The van der Waals surface area contributed by atoms with E-state index >= 15 is 0 Å². The zero-order valence-electron chi connectivity index (χ0n) is 10.8. The molecule has 0 atom stereocenters. The van der Waals surface area contributed by atoms with Crippen molar-refractivity contribution in [2.75, 3.05) is 0 Å². The molecule has 1 aliphatic rings. The summed E-state index contributed by atoms with van der Waals surface area (Å²) in [6.45, 7) is 5.53. The zero-order chi connectivity index (χ0) is 13.7. The average Bonchev–Trinajstić information content (AvgIpc) is 3.03. The van der Waals surface area contributed by atoms with E-state index in [9.17, 15) is 9.90 Å². The van der Waals surface area contributed by atoms with Crippen molar-refractivity contribution < 1.29 is 15.0 Å². The summed E-state index contributed by atoms with van der Waals surface area (Å²) in [6, 6.07) is 0. The predicted octanol–water partition coefficient (Wildman–Crippen LogP) is 3.48. The zero-order valence-corrected chi connectivity index (χ0v) is 11.6. The van der Waals surface area contributed by atoms with Gasteiger partial charge in [0.05, 0.1) is 6.42 Å². The number of hydrogen-bond donors (Lipinski definition) is 2. The third-order valence-corrected chi connectivity index (χ3v) is 4.63. The highest BCUT2D eigenvalue weighted by Crippen LogP contribution is 2.56. The van der Waals surface area contributed by atoms with E-state index in [1.807, 2.05) is 20.8 Å². The molecule has 98 valence electrons. The van der Waals surface area contributed by atoms with Gasteiger partial charge in [-0.25, -0.2) is 0 Å². The van der Waals surface area contributed by atoms with Gasteiger partial charge in [0.15, 0.2) is 0 Å². The summed E-state index contributed by atoms with van der Waals surface area (Å²) in [5, 5.41) is 20.0. The Morgan fingerprint density at radius 3 is 2.22 bits per heavy atom. The molecule has 0 aliphatic heterocycles. The summed E-state index contributed by atoms with van der Waals surface area (Å²) in [5.74, 6) is -0.617. The Bertz CT molecular complexity index is 501. The van der Waals surface area contributed by atoms with Crippen LogP contribution in [0.25, 0.3) is 0 Å². The predicted molar refractivity (Wildman–Crippen MR) is 70.5 cm³/mol. The van der Waals surface area contributed by atoms with Crippen LogP contribution in [0.1, 0.15) is 41.5 Å². The second-order valence-electron chi connectivity index (χ2n) is 5.26. The van der Waals surface area contributed by atoms with Crippen molar-refractivity contribution in [1.29, 1.82) is 0 Å². The fraction of sp³-hybridized carbons (Fsp3) is 0.500. The van der Waals surface area contributed by atoms with Crippen LogP contribution in [-0.2, 0) is 10.2 Å². The molecular formula is C14H17ClO3. The maximum absolute atomic E-state index is 11.0. The van der Waals surface area contributed by atoms with Gasteiger partial charge in [-0.3, -0.25) is 4.79 Å². The van der Waals surface area contributed by atoms with Crippen molar-refractivity contribution in [3.63, 3.8) is 0 Å². The van der Waals surface area contributed by atoms with Gasteiger partial charge in [-0.05, 0) is 50.3 Å². The maximum atomic E-state index is 11.0. The van der Waals surface area contributed by atoms with Gasteiger partial charge < -0.3 is 10.2 Å². The number of carboxylic acids is 1. The highest BCUT2D eigenvalue weighted by Gasteiger charge is 2.49. The normalized spacial score (nSPS) is 16.7. The van der Waals surface area contributed by atoms with Gasteiger partial charge in [-0.1, -0.05) is 11.6 Å². The summed E-state index contributed by atoms with van der Waals surface area (Å²) in [7, 11) is 0. The highest BCUT2D eigenvalue weighted by atomic mass is 35.5. The number of halogens is 1. The molecule has 0 radical (unpaired) electrons. The topological polar surface area (TPSA) is 57.5 Å². The number of phenolic OH excluding ortho intramolecular Hbond substituents is 1. The largest absolute Gasteiger partial charge is 0.507 e. The quantitative estimate of drug-likeness (QED) is 0.882. The fourth-order valence-electron chi connectivity index (χ4n) is 2.70. The van der Waals surface area contributed by atoms with Gasteiger partial charge in [0.2, 0.25) is 0 Å². The Morgan fingerprint density at radius 1 is 1.22 bits per heavy atom. The van der Waals surface area contributed by atoms with Gasteiger partial charge in [0, 0.05) is 16.0 Å². The van der Waals surface area contributed by atoms with Crippen LogP contribution in [0.15, 0.2) is 0 Å². The van der Waals surface area contributed by atoms with Crippen LogP contribution in [0.4, 0.5) is 0 Å². The van der Waals surface area contributed by atoms with Crippen molar-refractivity contribution in [3.8, 4) is 5.75 Å². The first kappa shape index (κ1) is 13.2. The third-order valence-electron chi connectivity index (χ3n) is 4.06. The van der Waals surface area contributed by atoms with Crippen LogP contribution in [0.5, 0.6) is 5.75 Å².